The molecule has 0 atom stereocenters. The van der Waals surface area contributed by atoms with Gasteiger partial charge in [-0.15, -0.1) is 10.2 Å². The largest absolute Gasteiger partial charge is 0.493 e. The summed E-state index contributed by atoms with van der Waals surface area (Å²) < 4.78 is 29.3. The zero-order valence-electron chi connectivity index (χ0n) is 21.6. The second-order valence-corrected chi connectivity index (χ2v) is 9.90. The number of hydrogen-bond acceptors (Lipinski definition) is 6. The number of hydrogen-bond donors (Lipinski definition) is 1. The van der Waals surface area contributed by atoms with Gasteiger partial charge in [0.25, 0.3) is 0 Å². The van der Waals surface area contributed by atoms with Crippen molar-refractivity contribution in [3.63, 3.8) is 0 Å². The SMILES string of the molecule is COc1cc(CNCCC2CCC2)cc2nc(-c3c(F)ccc(-c4ccccc4)c3-c3nncn3C)oc12. The first-order valence-electron chi connectivity index (χ1n) is 13.0. The van der Waals surface area contributed by atoms with Gasteiger partial charge in [0.05, 0.1) is 12.7 Å². The number of fused-ring (bicyclic) bond motifs is 1. The molecule has 0 amide bonds. The summed E-state index contributed by atoms with van der Waals surface area (Å²) in [7, 11) is 3.44. The van der Waals surface area contributed by atoms with E-state index in [4.69, 9.17) is 14.1 Å². The lowest BCUT2D eigenvalue weighted by atomic mass is 9.83. The van der Waals surface area contributed by atoms with Crippen molar-refractivity contribution < 1.29 is 13.5 Å². The lowest BCUT2D eigenvalue weighted by Gasteiger charge is -2.25. The fourth-order valence-corrected chi connectivity index (χ4v) is 5.12. The number of aromatic nitrogens is 4. The number of rotatable bonds is 9. The van der Waals surface area contributed by atoms with E-state index in [-0.39, 0.29) is 11.5 Å². The molecule has 1 fully saturated rings. The van der Waals surface area contributed by atoms with Crippen molar-refractivity contribution in [2.75, 3.05) is 13.7 Å². The molecule has 0 saturated heterocycles. The van der Waals surface area contributed by atoms with Crippen LogP contribution in [0.15, 0.2) is 65.3 Å². The molecule has 8 heteroatoms. The Morgan fingerprint density at radius 3 is 2.66 bits per heavy atom. The highest BCUT2D eigenvalue weighted by molar-refractivity contribution is 5.92. The quantitative estimate of drug-likeness (QED) is 0.231. The molecule has 1 saturated carbocycles. The van der Waals surface area contributed by atoms with Crippen LogP contribution in [0.5, 0.6) is 5.75 Å². The Hall–Kier alpha value is -4.04. The van der Waals surface area contributed by atoms with Gasteiger partial charge in [-0.3, -0.25) is 0 Å². The van der Waals surface area contributed by atoms with E-state index >= 15 is 4.39 Å². The Balaban J connectivity index is 1.43. The maximum Gasteiger partial charge on any atom is 0.231 e. The average molecular weight is 512 g/mol. The third kappa shape index (κ3) is 4.56. The maximum absolute atomic E-state index is 15.7. The van der Waals surface area contributed by atoms with E-state index in [1.807, 2.05) is 49.5 Å². The van der Waals surface area contributed by atoms with Crippen molar-refractivity contribution in [2.24, 2.45) is 13.0 Å². The standard InChI is InChI=1S/C30H30FN5O2/c1-36-18-33-35-29(36)26-22(21-9-4-3-5-10-21)11-12-23(31)27(26)30-34-24-15-20(16-25(37-2)28(24)38-30)17-32-14-13-19-7-6-8-19/h3-5,9-12,15-16,18-19,32H,6-8,13-14,17H2,1-2H3. The number of ether oxygens (including phenoxy) is 1. The van der Waals surface area contributed by atoms with Crippen LogP contribution >= 0.6 is 0 Å². The molecule has 0 aliphatic heterocycles. The second-order valence-electron chi connectivity index (χ2n) is 9.90. The molecular formula is C30H30FN5O2. The molecule has 1 aliphatic rings. The van der Waals surface area contributed by atoms with E-state index < -0.39 is 5.82 Å². The first-order chi connectivity index (χ1) is 18.6. The Kier molecular flexibility index (Phi) is 6.64. The lowest BCUT2D eigenvalue weighted by Crippen LogP contribution is -2.21. The fourth-order valence-electron chi connectivity index (χ4n) is 5.12. The van der Waals surface area contributed by atoms with Crippen molar-refractivity contribution in [3.05, 3.63) is 72.3 Å². The normalized spacial score (nSPS) is 13.7. The van der Waals surface area contributed by atoms with Crippen LogP contribution in [-0.4, -0.2) is 33.4 Å². The van der Waals surface area contributed by atoms with Crippen molar-refractivity contribution >= 4 is 11.1 Å². The van der Waals surface area contributed by atoms with Crippen molar-refractivity contribution in [1.82, 2.24) is 25.1 Å². The van der Waals surface area contributed by atoms with E-state index in [0.717, 1.165) is 29.2 Å². The minimum atomic E-state index is -0.453. The van der Waals surface area contributed by atoms with Gasteiger partial charge in [-0.1, -0.05) is 55.7 Å². The fraction of sp³-hybridized carbons (Fsp3) is 0.300. The Morgan fingerprint density at radius 1 is 1.11 bits per heavy atom. The molecule has 2 heterocycles. The molecular weight excluding hydrogens is 481 g/mol. The van der Waals surface area contributed by atoms with Gasteiger partial charge in [-0.25, -0.2) is 9.37 Å². The highest BCUT2D eigenvalue weighted by Gasteiger charge is 2.26. The van der Waals surface area contributed by atoms with Gasteiger partial charge in [0.2, 0.25) is 5.89 Å². The van der Waals surface area contributed by atoms with Crippen LogP contribution < -0.4 is 10.1 Å². The number of aryl methyl sites for hydroxylation is 1. The molecule has 7 nitrogen and oxygen atoms in total. The summed E-state index contributed by atoms with van der Waals surface area (Å²) >= 11 is 0. The molecule has 1 aliphatic carbocycles. The molecule has 5 aromatic rings. The smallest absolute Gasteiger partial charge is 0.231 e. The van der Waals surface area contributed by atoms with Gasteiger partial charge in [0, 0.05) is 19.2 Å². The van der Waals surface area contributed by atoms with E-state index in [9.17, 15) is 0 Å². The van der Waals surface area contributed by atoms with Gasteiger partial charge in [0.15, 0.2) is 17.2 Å². The summed E-state index contributed by atoms with van der Waals surface area (Å²) in [6.07, 6.45) is 6.86. The van der Waals surface area contributed by atoms with Gasteiger partial charge < -0.3 is 19.0 Å². The van der Waals surface area contributed by atoms with Crippen LogP contribution in [0.25, 0.3) is 45.1 Å². The van der Waals surface area contributed by atoms with Crippen molar-refractivity contribution in [3.8, 4) is 39.7 Å². The lowest BCUT2D eigenvalue weighted by molar-refractivity contribution is 0.292. The molecule has 0 radical (unpaired) electrons. The third-order valence-corrected chi connectivity index (χ3v) is 7.41. The van der Waals surface area contributed by atoms with E-state index in [1.54, 1.807) is 24.1 Å². The number of oxazole rings is 1. The van der Waals surface area contributed by atoms with E-state index in [0.29, 0.717) is 34.8 Å². The summed E-state index contributed by atoms with van der Waals surface area (Å²) in [4.78, 5) is 4.76. The van der Waals surface area contributed by atoms with Crippen LogP contribution in [0, 0.1) is 11.7 Å². The second kappa shape index (κ2) is 10.4. The summed E-state index contributed by atoms with van der Waals surface area (Å²) in [6, 6.07) is 16.9. The molecule has 0 bridgehead atoms. The van der Waals surface area contributed by atoms with Crippen LogP contribution in [0.2, 0.25) is 0 Å². The zero-order chi connectivity index (χ0) is 26.1. The van der Waals surface area contributed by atoms with Crippen LogP contribution in [-0.2, 0) is 13.6 Å². The summed E-state index contributed by atoms with van der Waals surface area (Å²) in [5, 5.41) is 11.9. The predicted octanol–water partition coefficient (Wildman–Crippen LogP) is 6.38. The molecule has 2 aromatic heterocycles. The van der Waals surface area contributed by atoms with Gasteiger partial charge in [-0.2, -0.15) is 0 Å². The van der Waals surface area contributed by atoms with Crippen molar-refractivity contribution in [2.45, 2.75) is 32.2 Å². The Morgan fingerprint density at radius 2 is 1.95 bits per heavy atom. The van der Waals surface area contributed by atoms with Crippen LogP contribution in [0.1, 0.15) is 31.2 Å². The minimum absolute atomic E-state index is 0.168. The number of benzene rings is 3. The Labute approximate surface area is 220 Å². The maximum atomic E-state index is 15.7. The highest BCUT2D eigenvalue weighted by Crippen LogP contribution is 2.42. The van der Waals surface area contributed by atoms with Gasteiger partial charge >= 0.3 is 0 Å². The van der Waals surface area contributed by atoms with Gasteiger partial charge in [-0.05, 0) is 53.8 Å². The monoisotopic (exact) mass is 511 g/mol. The van der Waals surface area contributed by atoms with E-state index in [2.05, 4.69) is 15.5 Å². The molecule has 194 valence electrons. The third-order valence-electron chi connectivity index (χ3n) is 7.41. The average Bonchev–Trinajstić information content (AvgIpc) is 3.53. The predicted molar refractivity (Wildman–Crippen MR) is 145 cm³/mol. The highest BCUT2D eigenvalue weighted by atomic mass is 19.1. The summed E-state index contributed by atoms with van der Waals surface area (Å²) in [5.41, 5.74) is 4.67. The Bertz CT molecular complexity index is 1570. The minimum Gasteiger partial charge on any atom is -0.493 e. The number of nitrogens with one attached hydrogen (secondary N) is 1. The topological polar surface area (TPSA) is 78.0 Å². The molecule has 3 aromatic carbocycles. The van der Waals surface area contributed by atoms with E-state index in [1.165, 1.54) is 31.7 Å². The number of methoxy groups -OCH3 is 1. The van der Waals surface area contributed by atoms with Crippen LogP contribution in [0.3, 0.4) is 0 Å². The molecule has 38 heavy (non-hydrogen) atoms. The molecule has 0 unspecified atom stereocenters. The number of nitrogens with zero attached hydrogens (tertiary/aromatic N) is 4. The summed E-state index contributed by atoms with van der Waals surface area (Å²) in [6.45, 7) is 1.68. The zero-order valence-corrected chi connectivity index (χ0v) is 21.6. The number of halogens is 1. The van der Waals surface area contributed by atoms with Gasteiger partial charge in [0.1, 0.15) is 17.7 Å². The first-order valence-corrected chi connectivity index (χ1v) is 13.0. The molecule has 1 N–H and O–H groups in total. The molecule has 6 rings (SSSR count). The van der Waals surface area contributed by atoms with Crippen LogP contribution in [0.4, 0.5) is 4.39 Å². The molecule has 0 spiro atoms. The summed E-state index contributed by atoms with van der Waals surface area (Å²) in [5.74, 6) is 1.66. The van der Waals surface area contributed by atoms with Crippen molar-refractivity contribution in [1.29, 1.82) is 0 Å². The first kappa shape index (κ1) is 24.3.